The Morgan fingerprint density at radius 3 is 2.88 bits per heavy atom. The number of hydrogen-bond donors (Lipinski definition) is 0. The second-order valence-corrected chi connectivity index (χ2v) is 8.34. The first kappa shape index (κ1) is 20.2. The lowest BCUT2D eigenvalue weighted by Crippen LogP contribution is -2.20. The number of carbonyl (C=O) groups is 2. The summed E-state index contributed by atoms with van der Waals surface area (Å²) in [5.74, 6) is 1.62. The molecule has 32 heavy (non-hydrogen) atoms. The highest BCUT2D eigenvalue weighted by Gasteiger charge is 2.25. The van der Waals surface area contributed by atoms with E-state index in [-0.39, 0.29) is 17.4 Å². The van der Waals surface area contributed by atoms with Crippen LogP contribution in [-0.4, -0.2) is 44.2 Å². The standard InChI is InChI=1S/C23H19N5O3S/c1-27-19-7-6-15(10-17(19)11-21(27)30)20(29)14-32-23-26-25-22(16-4-2-8-24-12-16)28(23)13-18-5-3-9-31-18/h2-10,12H,11,13-14H2,1H3. The quantitative estimate of drug-likeness (QED) is 0.318. The predicted octanol–water partition coefficient (Wildman–Crippen LogP) is 3.48. The molecule has 0 saturated heterocycles. The fourth-order valence-electron chi connectivity index (χ4n) is 3.66. The number of carbonyl (C=O) groups excluding carboxylic acids is 2. The first-order chi connectivity index (χ1) is 15.6. The molecule has 0 bridgehead atoms. The molecule has 0 atom stereocenters. The molecule has 0 unspecified atom stereocenters. The summed E-state index contributed by atoms with van der Waals surface area (Å²) < 4.78 is 7.43. The van der Waals surface area contributed by atoms with Gasteiger partial charge < -0.3 is 9.32 Å². The van der Waals surface area contributed by atoms with Crippen molar-refractivity contribution in [1.82, 2.24) is 19.7 Å². The van der Waals surface area contributed by atoms with Crippen LogP contribution in [0.3, 0.4) is 0 Å². The summed E-state index contributed by atoms with van der Waals surface area (Å²) in [5.41, 5.74) is 3.16. The largest absolute Gasteiger partial charge is 0.467 e. The number of rotatable bonds is 7. The number of thioether (sulfide) groups is 1. The van der Waals surface area contributed by atoms with E-state index in [2.05, 4.69) is 15.2 Å². The first-order valence-electron chi connectivity index (χ1n) is 10.0. The number of likely N-dealkylation sites (N-methyl/N-ethyl adjacent to an activating group) is 1. The molecule has 5 rings (SSSR count). The Morgan fingerprint density at radius 2 is 2.09 bits per heavy atom. The van der Waals surface area contributed by atoms with E-state index in [1.165, 1.54) is 11.8 Å². The second-order valence-electron chi connectivity index (χ2n) is 7.40. The number of aromatic nitrogens is 4. The van der Waals surface area contributed by atoms with Crippen LogP contribution in [0.1, 0.15) is 21.7 Å². The lowest BCUT2D eigenvalue weighted by atomic mass is 10.1. The van der Waals surface area contributed by atoms with Gasteiger partial charge in [0.1, 0.15) is 5.76 Å². The smallest absolute Gasteiger partial charge is 0.231 e. The first-order valence-corrected chi connectivity index (χ1v) is 11.0. The van der Waals surface area contributed by atoms with Gasteiger partial charge in [-0.15, -0.1) is 10.2 Å². The van der Waals surface area contributed by atoms with Crippen molar-refractivity contribution in [1.29, 1.82) is 0 Å². The number of ketones is 1. The molecule has 1 aromatic carbocycles. The van der Waals surface area contributed by atoms with Gasteiger partial charge in [0.05, 0.1) is 25.0 Å². The van der Waals surface area contributed by atoms with E-state index in [1.807, 2.05) is 41.0 Å². The zero-order chi connectivity index (χ0) is 22.1. The zero-order valence-corrected chi connectivity index (χ0v) is 18.1. The fraction of sp³-hybridized carbons (Fsp3) is 0.174. The number of nitrogens with zero attached hydrogens (tertiary/aromatic N) is 5. The van der Waals surface area contributed by atoms with E-state index in [0.717, 1.165) is 22.6 Å². The summed E-state index contributed by atoms with van der Waals surface area (Å²) >= 11 is 1.32. The van der Waals surface area contributed by atoms with Gasteiger partial charge in [0.2, 0.25) is 5.91 Å². The highest BCUT2D eigenvalue weighted by atomic mass is 32.2. The minimum atomic E-state index is -0.0321. The Hall–Kier alpha value is -3.72. The maximum Gasteiger partial charge on any atom is 0.231 e. The molecule has 160 valence electrons. The van der Waals surface area contributed by atoms with Crippen molar-refractivity contribution < 1.29 is 14.0 Å². The van der Waals surface area contributed by atoms with Gasteiger partial charge in [-0.05, 0) is 48.0 Å². The van der Waals surface area contributed by atoms with Gasteiger partial charge in [-0.25, -0.2) is 0 Å². The molecule has 9 heteroatoms. The van der Waals surface area contributed by atoms with Crippen LogP contribution in [0.25, 0.3) is 11.4 Å². The van der Waals surface area contributed by atoms with Gasteiger partial charge in [-0.1, -0.05) is 11.8 Å². The van der Waals surface area contributed by atoms with Crippen molar-refractivity contribution in [2.75, 3.05) is 17.7 Å². The van der Waals surface area contributed by atoms with E-state index in [0.29, 0.717) is 29.5 Å². The lowest BCUT2D eigenvalue weighted by molar-refractivity contribution is -0.117. The lowest BCUT2D eigenvalue weighted by Gasteiger charge is -2.10. The Morgan fingerprint density at radius 1 is 1.19 bits per heavy atom. The SMILES string of the molecule is CN1C(=O)Cc2cc(C(=O)CSc3nnc(-c4cccnc4)n3Cc3ccco3)ccc21. The molecule has 0 spiro atoms. The van der Waals surface area contributed by atoms with Gasteiger partial charge in [-0.2, -0.15) is 0 Å². The van der Waals surface area contributed by atoms with Crippen molar-refractivity contribution in [3.63, 3.8) is 0 Å². The topological polar surface area (TPSA) is 94.1 Å². The van der Waals surface area contributed by atoms with Crippen LogP contribution in [0.4, 0.5) is 5.69 Å². The normalized spacial score (nSPS) is 12.9. The average molecular weight is 446 g/mol. The molecular formula is C23H19N5O3S. The van der Waals surface area contributed by atoms with E-state index in [9.17, 15) is 9.59 Å². The van der Waals surface area contributed by atoms with Crippen LogP contribution in [0.5, 0.6) is 0 Å². The summed E-state index contributed by atoms with van der Waals surface area (Å²) in [6.07, 6.45) is 5.37. The molecule has 0 N–H and O–H groups in total. The number of Topliss-reactive ketones (excluding diaryl/α,β-unsaturated/α-hetero) is 1. The monoisotopic (exact) mass is 445 g/mol. The highest BCUT2D eigenvalue weighted by molar-refractivity contribution is 7.99. The Kier molecular flexibility index (Phi) is 5.32. The maximum absolute atomic E-state index is 12.9. The molecule has 1 aliphatic rings. The summed E-state index contributed by atoms with van der Waals surface area (Å²) in [6.45, 7) is 0.439. The number of pyridine rings is 1. The van der Waals surface area contributed by atoms with Crippen molar-refractivity contribution in [3.05, 3.63) is 78.0 Å². The van der Waals surface area contributed by atoms with Crippen LogP contribution >= 0.6 is 11.8 Å². The third kappa shape index (κ3) is 3.82. The van der Waals surface area contributed by atoms with Crippen LogP contribution in [-0.2, 0) is 17.8 Å². The molecule has 3 aromatic heterocycles. The molecule has 0 aliphatic carbocycles. The average Bonchev–Trinajstić information content (AvgIpc) is 3.53. The Balaban J connectivity index is 1.37. The minimum Gasteiger partial charge on any atom is -0.467 e. The number of anilines is 1. The van der Waals surface area contributed by atoms with Crippen molar-refractivity contribution >= 4 is 29.1 Å². The van der Waals surface area contributed by atoms with Crippen molar-refractivity contribution in [3.8, 4) is 11.4 Å². The van der Waals surface area contributed by atoms with Gasteiger partial charge in [-0.3, -0.25) is 19.1 Å². The highest BCUT2D eigenvalue weighted by Crippen LogP contribution is 2.30. The van der Waals surface area contributed by atoms with E-state index in [4.69, 9.17) is 4.42 Å². The summed E-state index contributed by atoms with van der Waals surface area (Å²) in [6, 6.07) is 12.9. The summed E-state index contributed by atoms with van der Waals surface area (Å²) in [7, 11) is 1.75. The summed E-state index contributed by atoms with van der Waals surface area (Å²) in [4.78, 5) is 30.6. The van der Waals surface area contributed by atoms with Crippen molar-refractivity contribution in [2.24, 2.45) is 0 Å². The van der Waals surface area contributed by atoms with Gasteiger partial charge in [0.25, 0.3) is 0 Å². The van der Waals surface area contributed by atoms with Crippen molar-refractivity contribution in [2.45, 2.75) is 18.1 Å². The minimum absolute atomic E-state index is 0.0321. The van der Waals surface area contributed by atoms with Crippen LogP contribution in [0, 0.1) is 0 Å². The number of amides is 1. The number of hydrogen-bond acceptors (Lipinski definition) is 7. The number of benzene rings is 1. The molecule has 0 saturated carbocycles. The zero-order valence-electron chi connectivity index (χ0n) is 17.3. The molecule has 0 fully saturated rings. The molecule has 4 heterocycles. The van der Waals surface area contributed by atoms with E-state index >= 15 is 0 Å². The van der Waals surface area contributed by atoms with Crippen LogP contribution in [0.15, 0.2) is 70.7 Å². The predicted molar refractivity (Wildman–Crippen MR) is 120 cm³/mol. The second kappa shape index (κ2) is 8.43. The fourth-order valence-corrected chi connectivity index (χ4v) is 4.49. The van der Waals surface area contributed by atoms with Gasteiger partial charge >= 0.3 is 0 Å². The Labute approximate surface area is 188 Å². The van der Waals surface area contributed by atoms with E-state index in [1.54, 1.807) is 36.7 Å². The third-order valence-electron chi connectivity index (χ3n) is 5.34. The number of fused-ring (bicyclic) bond motifs is 1. The molecular weight excluding hydrogens is 426 g/mol. The summed E-state index contributed by atoms with van der Waals surface area (Å²) in [5, 5.41) is 9.27. The molecule has 4 aromatic rings. The van der Waals surface area contributed by atoms with Crippen LogP contribution < -0.4 is 4.90 Å². The van der Waals surface area contributed by atoms with E-state index < -0.39 is 0 Å². The molecule has 1 amide bonds. The van der Waals surface area contributed by atoms with Gasteiger partial charge in [0.15, 0.2) is 16.8 Å². The van der Waals surface area contributed by atoms with Gasteiger partial charge in [0, 0.05) is 36.3 Å². The maximum atomic E-state index is 12.9. The Bertz CT molecular complexity index is 1280. The molecule has 8 nitrogen and oxygen atoms in total. The number of furan rings is 1. The van der Waals surface area contributed by atoms with Crippen LogP contribution in [0.2, 0.25) is 0 Å². The molecule has 0 radical (unpaired) electrons. The third-order valence-corrected chi connectivity index (χ3v) is 6.31. The molecule has 1 aliphatic heterocycles.